The lowest BCUT2D eigenvalue weighted by atomic mass is 10.2. The maximum atomic E-state index is 6.04. The summed E-state index contributed by atoms with van der Waals surface area (Å²) >= 11 is 3.38. The van der Waals surface area contributed by atoms with Gasteiger partial charge in [-0.2, -0.15) is 0 Å². The van der Waals surface area contributed by atoms with Crippen molar-refractivity contribution in [3.8, 4) is 17.2 Å². The SMILES string of the molecule is COc1ccc(-n2c(N)nc3cc(Br)cnc32)c(OC)c1. The highest BCUT2D eigenvalue weighted by Crippen LogP contribution is 2.32. The largest absolute Gasteiger partial charge is 0.497 e. The van der Waals surface area contributed by atoms with Crippen LogP contribution in [0.2, 0.25) is 0 Å². The van der Waals surface area contributed by atoms with Crippen LogP contribution in [0, 0.1) is 0 Å². The number of hydrogen-bond donors (Lipinski definition) is 1. The summed E-state index contributed by atoms with van der Waals surface area (Å²) < 4.78 is 13.2. The number of nitrogen functional groups attached to an aromatic ring is 1. The molecule has 2 heterocycles. The van der Waals surface area contributed by atoms with Gasteiger partial charge in [0.15, 0.2) is 5.65 Å². The topological polar surface area (TPSA) is 75.2 Å². The number of halogens is 1. The van der Waals surface area contributed by atoms with E-state index in [0.29, 0.717) is 28.6 Å². The van der Waals surface area contributed by atoms with Gasteiger partial charge < -0.3 is 15.2 Å². The van der Waals surface area contributed by atoms with Crippen molar-refractivity contribution in [2.24, 2.45) is 0 Å². The molecule has 0 atom stereocenters. The zero-order valence-corrected chi connectivity index (χ0v) is 13.1. The zero-order valence-electron chi connectivity index (χ0n) is 11.5. The Bertz CT molecular complexity index is 816. The number of nitrogens with two attached hydrogens (primary N) is 1. The van der Waals surface area contributed by atoms with E-state index in [1.54, 1.807) is 31.0 Å². The number of pyridine rings is 1. The van der Waals surface area contributed by atoms with Gasteiger partial charge >= 0.3 is 0 Å². The van der Waals surface area contributed by atoms with E-state index >= 15 is 0 Å². The molecule has 2 N–H and O–H groups in total. The number of hydrogen-bond acceptors (Lipinski definition) is 5. The fourth-order valence-electron chi connectivity index (χ4n) is 2.16. The van der Waals surface area contributed by atoms with Crippen LogP contribution in [0.25, 0.3) is 16.9 Å². The van der Waals surface area contributed by atoms with Crippen molar-refractivity contribution in [1.82, 2.24) is 14.5 Å². The summed E-state index contributed by atoms with van der Waals surface area (Å²) in [6.45, 7) is 0. The molecule has 0 aliphatic carbocycles. The van der Waals surface area contributed by atoms with Crippen LogP contribution in [-0.2, 0) is 0 Å². The molecule has 0 fully saturated rings. The molecule has 2 aromatic heterocycles. The van der Waals surface area contributed by atoms with E-state index in [1.807, 2.05) is 18.2 Å². The minimum absolute atomic E-state index is 0.346. The van der Waals surface area contributed by atoms with Crippen LogP contribution in [0.4, 0.5) is 5.95 Å². The number of ether oxygens (including phenoxy) is 2. The molecule has 0 amide bonds. The molecule has 3 rings (SSSR count). The van der Waals surface area contributed by atoms with Crippen molar-refractivity contribution in [2.45, 2.75) is 0 Å². The van der Waals surface area contributed by atoms with Gasteiger partial charge in [-0.05, 0) is 34.1 Å². The van der Waals surface area contributed by atoms with Crippen LogP contribution in [0.5, 0.6) is 11.5 Å². The highest BCUT2D eigenvalue weighted by Gasteiger charge is 2.15. The zero-order chi connectivity index (χ0) is 15.0. The number of methoxy groups -OCH3 is 2. The third kappa shape index (κ3) is 2.29. The van der Waals surface area contributed by atoms with Crippen molar-refractivity contribution >= 4 is 33.0 Å². The summed E-state index contributed by atoms with van der Waals surface area (Å²) in [6, 6.07) is 7.35. The summed E-state index contributed by atoms with van der Waals surface area (Å²) in [4.78, 5) is 8.71. The number of nitrogens with zero attached hydrogens (tertiary/aromatic N) is 3. The van der Waals surface area contributed by atoms with E-state index in [4.69, 9.17) is 15.2 Å². The molecule has 3 aromatic rings. The predicted molar refractivity (Wildman–Crippen MR) is 84.1 cm³/mol. The van der Waals surface area contributed by atoms with Crippen molar-refractivity contribution in [3.05, 3.63) is 34.9 Å². The van der Waals surface area contributed by atoms with Crippen LogP contribution >= 0.6 is 15.9 Å². The molecule has 0 spiro atoms. The first-order valence-electron chi connectivity index (χ1n) is 6.16. The van der Waals surface area contributed by atoms with Crippen LogP contribution in [0.15, 0.2) is 34.9 Å². The van der Waals surface area contributed by atoms with Crippen molar-refractivity contribution in [2.75, 3.05) is 20.0 Å². The van der Waals surface area contributed by atoms with Gasteiger partial charge in [-0.1, -0.05) is 0 Å². The third-order valence-electron chi connectivity index (χ3n) is 3.12. The summed E-state index contributed by atoms with van der Waals surface area (Å²) in [5, 5.41) is 0. The van der Waals surface area contributed by atoms with Crippen LogP contribution in [0.1, 0.15) is 0 Å². The van der Waals surface area contributed by atoms with E-state index in [9.17, 15) is 0 Å². The Morgan fingerprint density at radius 1 is 1.19 bits per heavy atom. The Kier molecular flexibility index (Phi) is 3.42. The van der Waals surface area contributed by atoms with E-state index in [1.165, 1.54) is 0 Å². The van der Waals surface area contributed by atoms with E-state index in [2.05, 4.69) is 25.9 Å². The van der Waals surface area contributed by atoms with Crippen LogP contribution < -0.4 is 15.2 Å². The lowest BCUT2D eigenvalue weighted by molar-refractivity contribution is 0.393. The number of benzene rings is 1. The number of anilines is 1. The molecule has 0 saturated carbocycles. The first-order chi connectivity index (χ1) is 10.1. The lowest BCUT2D eigenvalue weighted by Gasteiger charge is -2.12. The van der Waals surface area contributed by atoms with Gasteiger partial charge in [-0.15, -0.1) is 0 Å². The van der Waals surface area contributed by atoms with E-state index < -0.39 is 0 Å². The fourth-order valence-corrected chi connectivity index (χ4v) is 2.48. The summed E-state index contributed by atoms with van der Waals surface area (Å²) in [5.74, 6) is 1.68. The van der Waals surface area contributed by atoms with Crippen molar-refractivity contribution in [3.63, 3.8) is 0 Å². The van der Waals surface area contributed by atoms with Gasteiger partial charge in [-0.25, -0.2) is 9.97 Å². The molecular formula is C14H13BrN4O2. The van der Waals surface area contributed by atoms with E-state index in [-0.39, 0.29) is 0 Å². The van der Waals surface area contributed by atoms with Crippen molar-refractivity contribution < 1.29 is 9.47 Å². The molecule has 0 bridgehead atoms. The average molecular weight is 349 g/mol. The number of fused-ring (bicyclic) bond motifs is 1. The molecule has 0 radical (unpaired) electrons. The van der Waals surface area contributed by atoms with Gasteiger partial charge in [0.05, 0.1) is 19.9 Å². The quantitative estimate of drug-likeness (QED) is 0.787. The van der Waals surface area contributed by atoms with E-state index in [0.717, 1.165) is 10.2 Å². The molecule has 21 heavy (non-hydrogen) atoms. The van der Waals surface area contributed by atoms with Crippen LogP contribution in [-0.4, -0.2) is 28.8 Å². The maximum absolute atomic E-state index is 6.04. The van der Waals surface area contributed by atoms with Gasteiger partial charge in [0.1, 0.15) is 17.0 Å². The highest BCUT2D eigenvalue weighted by atomic mass is 79.9. The Morgan fingerprint density at radius 3 is 2.71 bits per heavy atom. The molecule has 0 aliphatic rings. The first-order valence-corrected chi connectivity index (χ1v) is 6.95. The molecule has 0 unspecified atom stereocenters. The molecule has 7 heteroatoms. The van der Waals surface area contributed by atoms with Gasteiger partial charge in [-0.3, -0.25) is 4.57 Å². The third-order valence-corrected chi connectivity index (χ3v) is 3.55. The number of imidazole rings is 1. The van der Waals surface area contributed by atoms with Gasteiger partial charge in [0.2, 0.25) is 5.95 Å². The Morgan fingerprint density at radius 2 is 2.00 bits per heavy atom. The van der Waals surface area contributed by atoms with Crippen LogP contribution in [0.3, 0.4) is 0 Å². The second-order valence-corrected chi connectivity index (χ2v) is 5.26. The number of aromatic nitrogens is 3. The normalized spacial score (nSPS) is 10.8. The summed E-state index contributed by atoms with van der Waals surface area (Å²) in [7, 11) is 3.20. The molecule has 0 saturated heterocycles. The monoisotopic (exact) mass is 348 g/mol. The first kappa shape index (κ1) is 13.7. The second-order valence-electron chi connectivity index (χ2n) is 4.34. The minimum atomic E-state index is 0.346. The minimum Gasteiger partial charge on any atom is -0.497 e. The lowest BCUT2D eigenvalue weighted by Crippen LogP contribution is -2.03. The standard InChI is InChI=1S/C14H13BrN4O2/c1-20-9-3-4-11(12(6-9)21-2)19-13-10(18-14(19)16)5-8(15)7-17-13/h3-7H,1-2H3,(H2,16,18). The molecule has 108 valence electrons. The number of rotatable bonds is 3. The average Bonchev–Trinajstić information content (AvgIpc) is 2.81. The molecule has 0 aliphatic heterocycles. The van der Waals surface area contributed by atoms with Gasteiger partial charge in [0.25, 0.3) is 0 Å². The maximum Gasteiger partial charge on any atom is 0.207 e. The van der Waals surface area contributed by atoms with Crippen molar-refractivity contribution in [1.29, 1.82) is 0 Å². The smallest absolute Gasteiger partial charge is 0.207 e. The Hall–Kier alpha value is -2.28. The second kappa shape index (κ2) is 5.25. The summed E-state index contributed by atoms with van der Waals surface area (Å²) in [6.07, 6.45) is 1.70. The highest BCUT2D eigenvalue weighted by molar-refractivity contribution is 9.10. The predicted octanol–water partition coefficient (Wildman–Crippen LogP) is 2.78. The Balaban J connectivity index is 2.27. The summed E-state index contributed by atoms with van der Waals surface area (Å²) in [5.41, 5.74) is 8.17. The Labute approximate surface area is 129 Å². The van der Waals surface area contributed by atoms with Gasteiger partial charge in [0, 0.05) is 16.7 Å². The molecular weight excluding hydrogens is 336 g/mol. The molecule has 6 nitrogen and oxygen atoms in total. The molecule has 1 aromatic carbocycles. The fraction of sp³-hybridized carbons (Fsp3) is 0.143.